The third kappa shape index (κ3) is 2.85. The largest absolute Gasteiger partial charge is 0.462 e. The number of ether oxygens (including phenoxy) is 1. The fraction of sp³-hybridized carbons (Fsp3) is 0.364. The van der Waals surface area contributed by atoms with E-state index in [1.54, 1.807) is 13.8 Å². The van der Waals surface area contributed by atoms with E-state index in [9.17, 15) is 4.79 Å². The highest BCUT2D eigenvalue weighted by Crippen LogP contribution is 2.11. The van der Waals surface area contributed by atoms with Crippen molar-refractivity contribution in [2.75, 3.05) is 0 Å². The first-order valence-corrected chi connectivity index (χ1v) is 4.62. The lowest BCUT2D eigenvalue weighted by molar-refractivity contribution is -0.149. The Kier molecular flexibility index (Phi) is 3.65. The van der Waals surface area contributed by atoms with Crippen LogP contribution in [0.15, 0.2) is 30.3 Å². The standard InChI is InChI=1S/C11H15NO2/c1-8(2)14-11(13)10(12)9-6-4-3-5-7-9/h3-8,10H,12H2,1-2H3. The number of hydrogen-bond acceptors (Lipinski definition) is 3. The summed E-state index contributed by atoms with van der Waals surface area (Å²) in [5, 5.41) is 0. The Morgan fingerprint density at radius 3 is 2.36 bits per heavy atom. The van der Waals surface area contributed by atoms with E-state index in [0.717, 1.165) is 5.56 Å². The van der Waals surface area contributed by atoms with Crippen molar-refractivity contribution in [3.8, 4) is 0 Å². The molecule has 0 aliphatic heterocycles. The van der Waals surface area contributed by atoms with Crippen molar-refractivity contribution in [3.05, 3.63) is 35.9 Å². The summed E-state index contributed by atoms with van der Waals surface area (Å²) in [5.41, 5.74) is 6.49. The monoisotopic (exact) mass is 193 g/mol. The Morgan fingerprint density at radius 1 is 1.29 bits per heavy atom. The molecule has 0 amide bonds. The molecule has 0 saturated heterocycles. The summed E-state index contributed by atoms with van der Waals surface area (Å²) in [6.07, 6.45) is -0.128. The number of benzene rings is 1. The second kappa shape index (κ2) is 4.77. The zero-order valence-electron chi connectivity index (χ0n) is 8.44. The molecule has 3 nitrogen and oxygen atoms in total. The van der Waals surface area contributed by atoms with E-state index in [2.05, 4.69) is 0 Å². The molecule has 0 heterocycles. The van der Waals surface area contributed by atoms with Crippen LogP contribution in [-0.2, 0) is 9.53 Å². The molecule has 1 aromatic rings. The SMILES string of the molecule is CC(C)OC(=O)C(N)c1ccccc1. The summed E-state index contributed by atoms with van der Waals surface area (Å²) in [6, 6.07) is 8.51. The number of rotatable bonds is 3. The van der Waals surface area contributed by atoms with Crippen LogP contribution in [0.1, 0.15) is 25.5 Å². The van der Waals surface area contributed by atoms with Crippen LogP contribution in [0.2, 0.25) is 0 Å². The van der Waals surface area contributed by atoms with Crippen LogP contribution in [-0.4, -0.2) is 12.1 Å². The average molecular weight is 193 g/mol. The van der Waals surface area contributed by atoms with Crippen LogP contribution in [0.5, 0.6) is 0 Å². The minimum atomic E-state index is -0.682. The van der Waals surface area contributed by atoms with E-state index in [-0.39, 0.29) is 12.1 Å². The van der Waals surface area contributed by atoms with Crippen LogP contribution in [0.3, 0.4) is 0 Å². The van der Waals surface area contributed by atoms with Crippen molar-refractivity contribution in [2.45, 2.75) is 26.0 Å². The van der Waals surface area contributed by atoms with Crippen LogP contribution in [0.25, 0.3) is 0 Å². The van der Waals surface area contributed by atoms with Gasteiger partial charge in [0.05, 0.1) is 6.10 Å². The third-order valence-electron chi connectivity index (χ3n) is 1.76. The van der Waals surface area contributed by atoms with Gasteiger partial charge in [-0.1, -0.05) is 30.3 Å². The number of hydrogen-bond donors (Lipinski definition) is 1. The van der Waals surface area contributed by atoms with E-state index in [0.29, 0.717) is 0 Å². The van der Waals surface area contributed by atoms with Gasteiger partial charge < -0.3 is 10.5 Å². The van der Waals surface area contributed by atoms with E-state index in [1.807, 2.05) is 30.3 Å². The van der Waals surface area contributed by atoms with Crippen LogP contribution < -0.4 is 5.73 Å². The lowest BCUT2D eigenvalue weighted by atomic mass is 10.1. The Hall–Kier alpha value is -1.35. The number of nitrogens with two attached hydrogens (primary N) is 1. The van der Waals surface area contributed by atoms with Gasteiger partial charge in [-0.25, -0.2) is 4.79 Å². The summed E-state index contributed by atoms with van der Waals surface area (Å²) in [5.74, 6) is -0.383. The lowest BCUT2D eigenvalue weighted by Gasteiger charge is -2.13. The van der Waals surface area contributed by atoms with Crippen molar-refractivity contribution < 1.29 is 9.53 Å². The molecule has 0 radical (unpaired) electrons. The maximum atomic E-state index is 11.4. The molecule has 76 valence electrons. The Bertz CT molecular complexity index is 295. The Labute approximate surface area is 83.9 Å². The molecule has 1 aromatic carbocycles. The zero-order chi connectivity index (χ0) is 10.6. The van der Waals surface area contributed by atoms with E-state index < -0.39 is 6.04 Å². The fourth-order valence-electron chi connectivity index (χ4n) is 1.10. The average Bonchev–Trinajstić information content (AvgIpc) is 2.17. The van der Waals surface area contributed by atoms with Gasteiger partial charge in [-0.2, -0.15) is 0 Å². The first-order valence-electron chi connectivity index (χ1n) is 4.62. The Balaban J connectivity index is 2.66. The molecular formula is C11H15NO2. The first kappa shape index (κ1) is 10.7. The molecular weight excluding hydrogens is 178 g/mol. The van der Waals surface area contributed by atoms with Gasteiger partial charge >= 0.3 is 5.97 Å². The van der Waals surface area contributed by atoms with Gasteiger partial charge in [0, 0.05) is 0 Å². The van der Waals surface area contributed by atoms with E-state index >= 15 is 0 Å². The maximum absolute atomic E-state index is 11.4. The molecule has 0 aliphatic rings. The van der Waals surface area contributed by atoms with Crippen LogP contribution >= 0.6 is 0 Å². The molecule has 0 fully saturated rings. The first-order chi connectivity index (χ1) is 6.61. The van der Waals surface area contributed by atoms with Gasteiger partial charge in [-0.15, -0.1) is 0 Å². The molecule has 0 saturated carbocycles. The molecule has 1 atom stereocenters. The normalized spacial score (nSPS) is 12.6. The van der Waals surface area contributed by atoms with Gasteiger partial charge in [-0.05, 0) is 19.4 Å². The van der Waals surface area contributed by atoms with Crippen molar-refractivity contribution in [1.29, 1.82) is 0 Å². The molecule has 1 rings (SSSR count). The molecule has 14 heavy (non-hydrogen) atoms. The van der Waals surface area contributed by atoms with E-state index in [1.165, 1.54) is 0 Å². The molecule has 0 aliphatic carbocycles. The number of carbonyl (C=O) groups is 1. The van der Waals surface area contributed by atoms with Crippen molar-refractivity contribution in [1.82, 2.24) is 0 Å². The second-order valence-corrected chi connectivity index (χ2v) is 3.37. The summed E-state index contributed by atoms with van der Waals surface area (Å²) in [6.45, 7) is 3.60. The maximum Gasteiger partial charge on any atom is 0.327 e. The zero-order valence-corrected chi connectivity index (χ0v) is 8.44. The second-order valence-electron chi connectivity index (χ2n) is 3.37. The molecule has 0 spiro atoms. The van der Waals surface area contributed by atoms with Crippen molar-refractivity contribution in [2.24, 2.45) is 5.73 Å². The highest BCUT2D eigenvalue weighted by molar-refractivity contribution is 5.77. The molecule has 0 bridgehead atoms. The highest BCUT2D eigenvalue weighted by atomic mass is 16.5. The lowest BCUT2D eigenvalue weighted by Crippen LogP contribution is -2.25. The van der Waals surface area contributed by atoms with Crippen LogP contribution in [0.4, 0.5) is 0 Å². The van der Waals surface area contributed by atoms with Crippen molar-refractivity contribution in [3.63, 3.8) is 0 Å². The predicted octanol–water partition coefficient (Wildman–Crippen LogP) is 1.64. The molecule has 0 aromatic heterocycles. The summed E-state index contributed by atoms with van der Waals surface area (Å²) in [7, 11) is 0. The quantitative estimate of drug-likeness (QED) is 0.742. The van der Waals surface area contributed by atoms with Gasteiger partial charge in [-0.3, -0.25) is 0 Å². The smallest absolute Gasteiger partial charge is 0.327 e. The van der Waals surface area contributed by atoms with Gasteiger partial charge in [0.1, 0.15) is 6.04 Å². The van der Waals surface area contributed by atoms with Gasteiger partial charge in [0.15, 0.2) is 0 Å². The topological polar surface area (TPSA) is 52.3 Å². The fourth-order valence-corrected chi connectivity index (χ4v) is 1.10. The van der Waals surface area contributed by atoms with Crippen molar-refractivity contribution >= 4 is 5.97 Å². The summed E-state index contributed by atoms with van der Waals surface area (Å²) >= 11 is 0. The van der Waals surface area contributed by atoms with Crippen LogP contribution in [0, 0.1) is 0 Å². The number of carbonyl (C=O) groups excluding carboxylic acids is 1. The minimum Gasteiger partial charge on any atom is -0.462 e. The van der Waals surface area contributed by atoms with Gasteiger partial charge in [0.2, 0.25) is 0 Å². The molecule has 2 N–H and O–H groups in total. The van der Waals surface area contributed by atoms with E-state index in [4.69, 9.17) is 10.5 Å². The molecule has 3 heteroatoms. The molecule has 1 unspecified atom stereocenters. The third-order valence-corrected chi connectivity index (χ3v) is 1.76. The predicted molar refractivity (Wildman–Crippen MR) is 54.6 cm³/mol. The summed E-state index contributed by atoms with van der Waals surface area (Å²) < 4.78 is 5.00. The number of esters is 1. The highest BCUT2D eigenvalue weighted by Gasteiger charge is 2.17. The Morgan fingerprint density at radius 2 is 1.86 bits per heavy atom. The minimum absolute atomic E-state index is 0.128. The van der Waals surface area contributed by atoms with Gasteiger partial charge in [0.25, 0.3) is 0 Å². The summed E-state index contributed by atoms with van der Waals surface area (Å²) in [4.78, 5) is 11.4.